The van der Waals surface area contributed by atoms with Gasteiger partial charge in [-0.2, -0.15) is 0 Å². The topological polar surface area (TPSA) is 12.0 Å². The van der Waals surface area contributed by atoms with Gasteiger partial charge in [0.1, 0.15) is 5.82 Å². The van der Waals surface area contributed by atoms with Crippen LogP contribution in [0, 0.1) is 12.7 Å². The van der Waals surface area contributed by atoms with Crippen molar-refractivity contribution in [2.75, 3.05) is 5.32 Å². The molecule has 1 aromatic carbocycles. The molecule has 1 N–H and O–H groups in total. The first-order chi connectivity index (χ1) is 7.99. The Hall–Kier alpha value is -1.57. The Morgan fingerprint density at radius 1 is 1.29 bits per heavy atom. The normalized spacial score (nSPS) is 10.4. The minimum atomic E-state index is -0.192. The van der Waals surface area contributed by atoms with Crippen LogP contribution < -0.4 is 5.32 Å². The lowest BCUT2D eigenvalue weighted by Crippen LogP contribution is -1.96. The molecule has 2 heteroatoms. The molecule has 0 aliphatic heterocycles. The average molecular weight is 235 g/mol. The van der Waals surface area contributed by atoms with Crippen molar-refractivity contribution < 1.29 is 4.39 Å². The monoisotopic (exact) mass is 235 g/mol. The Kier molecular flexibility index (Phi) is 6.95. The van der Waals surface area contributed by atoms with Crippen LogP contribution in [0.2, 0.25) is 0 Å². The second-order valence-electron chi connectivity index (χ2n) is 3.76. The zero-order valence-electron chi connectivity index (χ0n) is 11.4. The summed E-state index contributed by atoms with van der Waals surface area (Å²) in [7, 11) is 0. The van der Waals surface area contributed by atoms with E-state index in [1.54, 1.807) is 13.0 Å². The maximum absolute atomic E-state index is 13.2. The lowest BCUT2D eigenvalue weighted by atomic mass is 10.2. The predicted octanol–water partition coefficient (Wildman–Crippen LogP) is 5.05. The minimum Gasteiger partial charge on any atom is -0.359 e. The van der Waals surface area contributed by atoms with Crippen LogP contribution in [0.5, 0.6) is 0 Å². The van der Waals surface area contributed by atoms with Gasteiger partial charge in [-0.25, -0.2) is 4.39 Å². The Labute approximate surface area is 104 Å². The molecule has 0 aliphatic carbocycles. The van der Waals surface area contributed by atoms with Crippen molar-refractivity contribution in [2.24, 2.45) is 0 Å². The lowest BCUT2D eigenvalue weighted by Gasteiger charge is -2.07. The van der Waals surface area contributed by atoms with Gasteiger partial charge in [-0.15, -0.1) is 0 Å². The molecule has 94 valence electrons. The van der Waals surface area contributed by atoms with Gasteiger partial charge in [0, 0.05) is 11.4 Å². The maximum Gasteiger partial charge on any atom is 0.128 e. The molecule has 0 radical (unpaired) electrons. The van der Waals surface area contributed by atoms with Crippen LogP contribution in [0.1, 0.15) is 33.3 Å². The Bertz CT molecular complexity index is 405. The van der Waals surface area contributed by atoms with Crippen LogP contribution in [0.25, 0.3) is 0 Å². The summed E-state index contributed by atoms with van der Waals surface area (Å²) in [6.07, 6.45) is 1.91. The molecule has 0 fully saturated rings. The van der Waals surface area contributed by atoms with Crippen LogP contribution in [0.4, 0.5) is 10.1 Å². The first-order valence-corrected chi connectivity index (χ1v) is 5.86. The van der Waals surface area contributed by atoms with Gasteiger partial charge in [0.25, 0.3) is 0 Å². The van der Waals surface area contributed by atoms with Crippen LogP contribution in [-0.2, 0) is 0 Å². The number of nitrogens with one attached hydrogen (secondary N) is 1. The molecule has 17 heavy (non-hydrogen) atoms. The Balaban J connectivity index is 0.00000121. The van der Waals surface area contributed by atoms with Crippen molar-refractivity contribution in [1.82, 2.24) is 0 Å². The second kappa shape index (κ2) is 7.66. The standard InChI is InChI=1S/C13H16FN.C2H6/c1-9(2)7-11(4)15-12-6-5-10(3)13(14)8-12;1-2/h5-8,15H,1H2,2-4H3;1-2H3/b11-7+;. The van der Waals surface area contributed by atoms with E-state index in [1.807, 2.05) is 39.8 Å². The molecule has 0 aliphatic rings. The summed E-state index contributed by atoms with van der Waals surface area (Å²) in [6, 6.07) is 5.10. The minimum absolute atomic E-state index is 0.192. The van der Waals surface area contributed by atoms with Gasteiger partial charge in [-0.05, 0) is 44.5 Å². The van der Waals surface area contributed by atoms with E-state index in [9.17, 15) is 4.39 Å². The fourth-order valence-electron chi connectivity index (χ4n) is 1.30. The third kappa shape index (κ3) is 5.91. The number of benzene rings is 1. The van der Waals surface area contributed by atoms with E-state index in [2.05, 4.69) is 11.9 Å². The highest BCUT2D eigenvalue weighted by atomic mass is 19.1. The van der Waals surface area contributed by atoms with Crippen LogP contribution in [-0.4, -0.2) is 0 Å². The maximum atomic E-state index is 13.2. The van der Waals surface area contributed by atoms with E-state index in [0.717, 1.165) is 17.0 Å². The average Bonchev–Trinajstić information content (AvgIpc) is 2.25. The fourth-order valence-corrected chi connectivity index (χ4v) is 1.30. The van der Waals surface area contributed by atoms with Gasteiger partial charge in [0.2, 0.25) is 0 Å². The summed E-state index contributed by atoms with van der Waals surface area (Å²) in [4.78, 5) is 0. The first kappa shape index (κ1) is 15.4. The lowest BCUT2D eigenvalue weighted by molar-refractivity contribution is 0.619. The molecule has 1 rings (SSSR count). The SMILES string of the molecule is C=C(C)/C=C(\C)Nc1ccc(C)c(F)c1.CC. The molecular weight excluding hydrogens is 213 g/mol. The molecule has 0 unspecified atom stereocenters. The zero-order chi connectivity index (χ0) is 13.4. The van der Waals surface area contributed by atoms with E-state index in [0.29, 0.717) is 5.56 Å². The van der Waals surface area contributed by atoms with Gasteiger partial charge in [0.05, 0.1) is 0 Å². The molecule has 0 saturated carbocycles. The van der Waals surface area contributed by atoms with E-state index in [-0.39, 0.29) is 5.82 Å². The second-order valence-corrected chi connectivity index (χ2v) is 3.76. The van der Waals surface area contributed by atoms with E-state index >= 15 is 0 Å². The van der Waals surface area contributed by atoms with Crippen molar-refractivity contribution in [1.29, 1.82) is 0 Å². The van der Waals surface area contributed by atoms with Gasteiger partial charge < -0.3 is 5.32 Å². The molecule has 0 heterocycles. The van der Waals surface area contributed by atoms with Crippen LogP contribution >= 0.6 is 0 Å². The van der Waals surface area contributed by atoms with Gasteiger partial charge in [-0.3, -0.25) is 0 Å². The van der Waals surface area contributed by atoms with Crippen LogP contribution in [0.3, 0.4) is 0 Å². The highest BCUT2D eigenvalue weighted by molar-refractivity contribution is 5.50. The quantitative estimate of drug-likeness (QED) is 0.723. The van der Waals surface area contributed by atoms with E-state index in [4.69, 9.17) is 0 Å². The number of aryl methyl sites for hydroxylation is 1. The van der Waals surface area contributed by atoms with E-state index in [1.165, 1.54) is 6.07 Å². The summed E-state index contributed by atoms with van der Waals surface area (Å²) in [5.41, 5.74) is 3.33. The smallest absolute Gasteiger partial charge is 0.128 e. The Morgan fingerprint density at radius 3 is 2.35 bits per heavy atom. The van der Waals surface area contributed by atoms with Crippen molar-refractivity contribution in [3.63, 3.8) is 0 Å². The number of anilines is 1. The summed E-state index contributed by atoms with van der Waals surface area (Å²) in [6.45, 7) is 13.4. The number of halogens is 1. The summed E-state index contributed by atoms with van der Waals surface area (Å²) in [5.74, 6) is -0.192. The molecule has 1 aromatic rings. The van der Waals surface area contributed by atoms with Gasteiger partial charge in [0.15, 0.2) is 0 Å². The molecule has 0 saturated heterocycles. The zero-order valence-corrected chi connectivity index (χ0v) is 11.4. The first-order valence-electron chi connectivity index (χ1n) is 5.86. The number of allylic oxidation sites excluding steroid dienone is 3. The molecule has 0 aromatic heterocycles. The third-order valence-electron chi connectivity index (χ3n) is 1.98. The van der Waals surface area contributed by atoms with Gasteiger partial charge >= 0.3 is 0 Å². The molecular formula is C15H22FN. The molecule has 0 atom stereocenters. The number of hydrogen-bond donors (Lipinski definition) is 1. The largest absolute Gasteiger partial charge is 0.359 e. The fraction of sp³-hybridized carbons (Fsp3) is 0.333. The molecule has 1 nitrogen and oxygen atoms in total. The van der Waals surface area contributed by atoms with Crippen molar-refractivity contribution >= 4 is 5.69 Å². The summed E-state index contributed by atoms with van der Waals surface area (Å²) < 4.78 is 13.2. The molecule has 0 amide bonds. The third-order valence-corrected chi connectivity index (χ3v) is 1.98. The number of hydrogen-bond acceptors (Lipinski definition) is 1. The Morgan fingerprint density at radius 2 is 1.88 bits per heavy atom. The van der Waals surface area contributed by atoms with Crippen molar-refractivity contribution in [3.8, 4) is 0 Å². The number of rotatable bonds is 3. The van der Waals surface area contributed by atoms with E-state index < -0.39 is 0 Å². The molecule has 0 bridgehead atoms. The predicted molar refractivity (Wildman–Crippen MR) is 74.7 cm³/mol. The van der Waals surface area contributed by atoms with Crippen molar-refractivity contribution in [3.05, 3.63) is 53.5 Å². The highest BCUT2D eigenvalue weighted by Crippen LogP contribution is 2.15. The summed E-state index contributed by atoms with van der Waals surface area (Å²) in [5, 5.41) is 3.10. The van der Waals surface area contributed by atoms with Crippen LogP contribution in [0.15, 0.2) is 42.1 Å². The summed E-state index contributed by atoms with van der Waals surface area (Å²) >= 11 is 0. The van der Waals surface area contributed by atoms with Crippen molar-refractivity contribution in [2.45, 2.75) is 34.6 Å². The highest BCUT2D eigenvalue weighted by Gasteiger charge is 1.98. The molecule has 0 spiro atoms. The van der Waals surface area contributed by atoms with Gasteiger partial charge in [-0.1, -0.05) is 32.1 Å².